The zero-order valence-electron chi connectivity index (χ0n) is 21.0. The van der Waals surface area contributed by atoms with Gasteiger partial charge in [-0.1, -0.05) is 71.1 Å². The summed E-state index contributed by atoms with van der Waals surface area (Å²) in [5, 5.41) is 0. The second kappa shape index (κ2) is 19.4. The van der Waals surface area contributed by atoms with E-state index < -0.39 is 10.9 Å². The molecule has 0 aromatic rings. The predicted octanol–water partition coefficient (Wildman–Crippen LogP) is 7.09. The Morgan fingerprint density at radius 2 is 0.833 bits per heavy atom. The molecule has 0 saturated heterocycles. The van der Waals surface area contributed by atoms with Gasteiger partial charge in [-0.05, 0) is 41.0 Å². The van der Waals surface area contributed by atoms with Gasteiger partial charge in [0.2, 0.25) is 0 Å². The van der Waals surface area contributed by atoms with Crippen molar-refractivity contribution in [1.82, 2.24) is 0 Å². The molecule has 182 valence electrons. The third-order valence-corrected chi connectivity index (χ3v) is 5.15. The van der Waals surface area contributed by atoms with Crippen molar-refractivity contribution in [3.8, 4) is 0 Å². The summed E-state index contributed by atoms with van der Waals surface area (Å²) in [7, 11) is 0. The third kappa shape index (κ3) is 10.9. The molecule has 0 rings (SSSR count). The highest BCUT2D eigenvalue weighted by atomic mass is 17.2. The summed E-state index contributed by atoms with van der Waals surface area (Å²) >= 11 is 0. The van der Waals surface area contributed by atoms with Crippen molar-refractivity contribution in [2.24, 2.45) is 0 Å². The van der Waals surface area contributed by atoms with Crippen LogP contribution < -0.4 is 0 Å². The molecule has 0 aliphatic carbocycles. The van der Waals surface area contributed by atoms with E-state index in [1.807, 2.05) is 34.6 Å². The summed E-state index contributed by atoms with van der Waals surface area (Å²) in [6.07, 6.45) is 14.9. The topological polar surface area (TPSA) is 46.2 Å². The fourth-order valence-electron chi connectivity index (χ4n) is 3.86. The highest BCUT2D eigenvalue weighted by molar-refractivity contribution is 4.57. The fourth-order valence-corrected chi connectivity index (χ4v) is 3.86. The van der Waals surface area contributed by atoms with Gasteiger partial charge in [0.25, 0.3) is 0 Å². The molecule has 30 heavy (non-hydrogen) atoms. The number of quaternary nitrogens is 1. The number of hydrogen-bond acceptors (Lipinski definition) is 5. The van der Waals surface area contributed by atoms with Gasteiger partial charge in [0.15, 0.2) is 4.97 Å². The van der Waals surface area contributed by atoms with Gasteiger partial charge in [-0.3, -0.25) is 9.47 Å². The second-order valence-electron chi connectivity index (χ2n) is 7.62. The van der Waals surface area contributed by atoms with Crippen LogP contribution in [0.15, 0.2) is 0 Å². The molecule has 0 atom stereocenters. The van der Waals surface area contributed by atoms with Gasteiger partial charge in [0.1, 0.15) is 19.8 Å². The average Bonchev–Trinajstić information content (AvgIpc) is 2.72. The van der Waals surface area contributed by atoms with Gasteiger partial charge in [0, 0.05) is 0 Å². The highest BCUT2D eigenvalue weighted by Gasteiger charge is 2.61. The van der Waals surface area contributed by atoms with Crippen molar-refractivity contribution in [2.45, 2.75) is 125 Å². The molecule has 0 aromatic carbocycles. The van der Waals surface area contributed by atoms with E-state index in [0.29, 0.717) is 39.5 Å². The Morgan fingerprint density at radius 3 is 1.17 bits per heavy atom. The number of unbranched alkanes of at least 4 members (excludes halogenated alkanes) is 10. The Morgan fingerprint density at radius 1 is 0.467 bits per heavy atom. The van der Waals surface area contributed by atoms with Crippen LogP contribution in [0.4, 0.5) is 0 Å². The van der Waals surface area contributed by atoms with Crippen molar-refractivity contribution in [3.05, 3.63) is 0 Å². The maximum Gasteiger partial charge on any atom is 0.415 e. The molecule has 0 heterocycles. The van der Waals surface area contributed by atoms with E-state index in [-0.39, 0.29) is 0 Å². The first kappa shape index (κ1) is 29.8. The first-order chi connectivity index (χ1) is 14.6. The highest BCUT2D eigenvalue weighted by Crippen LogP contribution is 2.36. The average molecular weight is 435 g/mol. The molecule has 0 spiro atoms. The van der Waals surface area contributed by atoms with E-state index in [9.17, 15) is 0 Å². The van der Waals surface area contributed by atoms with Crippen molar-refractivity contribution in [3.63, 3.8) is 0 Å². The zero-order valence-corrected chi connectivity index (χ0v) is 21.0. The summed E-state index contributed by atoms with van der Waals surface area (Å²) < 4.78 is 12.3. The Hall–Kier alpha value is -0.240. The number of hydrogen-bond donors (Lipinski definition) is 0. The number of rotatable bonds is 23. The molecule has 0 aliphatic rings. The van der Waals surface area contributed by atoms with Crippen LogP contribution in [0, 0.1) is 0 Å². The standard InChI is InChI=1S/C24H52NO5/c1-7-13-14-15-16-17-18-19-20-21-22-23-24(26-8-2,27-9-3)25(28-10-4,29-11-5)30-12-6/h7-23H2,1-6H3/q+1. The molecule has 0 fully saturated rings. The lowest BCUT2D eigenvalue weighted by Crippen LogP contribution is -2.66. The van der Waals surface area contributed by atoms with E-state index in [0.717, 1.165) is 12.8 Å². The van der Waals surface area contributed by atoms with Crippen LogP contribution in [0.3, 0.4) is 0 Å². The van der Waals surface area contributed by atoms with E-state index in [1.165, 1.54) is 57.8 Å². The number of nitrogens with zero attached hydrogens (tertiary/aromatic N) is 1. The molecule has 0 amide bonds. The molecule has 0 aliphatic heterocycles. The molecule has 0 N–H and O–H groups in total. The van der Waals surface area contributed by atoms with Gasteiger partial charge < -0.3 is 0 Å². The molecule has 6 nitrogen and oxygen atoms in total. The van der Waals surface area contributed by atoms with Crippen molar-refractivity contribution >= 4 is 0 Å². The Labute approximate surface area is 187 Å². The first-order valence-electron chi connectivity index (χ1n) is 12.7. The summed E-state index contributed by atoms with van der Waals surface area (Å²) in [6.45, 7) is 14.3. The zero-order chi connectivity index (χ0) is 22.6. The molecule has 6 heteroatoms. The number of ether oxygens (including phenoxy) is 2. The summed E-state index contributed by atoms with van der Waals surface area (Å²) in [4.78, 5) is 17.4. The van der Waals surface area contributed by atoms with E-state index in [2.05, 4.69) is 6.92 Å². The van der Waals surface area contributed by atoms with Crippen LogP contribution in [0.1, 0.15) is 119 Å². The molecule has 0 unspecified atom stereocenters. The molecular weight excluding hydrogens is 382 g/mol. The maximum atomic E-state index is 6.16. The monoisotopic (exact) mass is 434 g/mol. The third-order valence-electron chi connectivity index (χ3n) is 5.15. The van der Waals surface area contributed by atoms with Crippen LogP contribution in [0.2, 0.25) is 0 Å². The van der Waals surface area contributed by atoms with Crippen LogP contribution in [0.5, 0.6) is 0 Å². The Kier molecular flexibility index (Phi) is 19.3. The van der Waals surface area contributed by atoms with Crippen LogP contribution in [0.25, 0.3) is 0 Å². The lowest BCUT2D eigenvalue weighted by Gasteiger charge is -2.42. The van der Waals surface area contributed by atoms with Gasteiger partial charge in [-0.25, -0.2) is 0 Å². The lowest BCUT2D eigenvalue weighted by molar-refractivity contribution is -1.41. The first-order valence-corrected chi connectivity index (χ1v) is 12.7. The summed E-state index contributed by atoms with van der Waals surface area (Å²) in [5.41, 5.74) is 0. The second-order valence-corrected chi connectivity index (χ2v) is 7.62. The minimum Gasteiger partial charge on any atom is -0.296 e. The normalized spacial score (nSPS) is 12.6. The van der Waals surface area contributed by atoms with Crippen LogP contribution >= 0.6 is 0 Å². The van der Waals surface area contributed by atoms with Gasteiger partial charge in [-0.2, -0.15) is 0 Å². The van der Waals surface area contributed by atoms with E-state index >= 15 is 0 Å². The maximum absolute atomic E-state index is 6.16. The molecule has 0 aromatic heterocycles. The van der Waals surface area contributed by atoms with Gasteiger partial charge in [-0.15, -0.1) is 14.5 Å². The Balaban J connectivity index is 4.73. The van der Waals surface area contributed by atoms with E-state index in [1.54, 1.807) is 0 Å². The van der Waals surface area contributed by atoms with Crippen LogP contribution in [-0.4, -0.2) is 43.9 Å². The number of hydroxylamine groups is 3. The molecule has 0 saturated carbocycles. The largest absolute Gasteiger partial charge is 0.415 e. The minimum absolute atomic E-state index is 0.431. The Bertz CT molecular complexity index is 344. The van der Waals surface area contributed by atoms with Crippen molar-refractivity contribution in [2.75, 3.05) is 33.0 Å². The van der Waals surface area contributed by atoms with Gasteiger partial charge in [0.05, 0.1) is 19.6 Å². The van der Waals surface area contributed by atoms with E-state index in [4.69, 9.17) is 24.0 Å². The van der Waals surface area contributed by atoms with Crippen molar-refractivity contribution < 1.29 is 29.0 Å². The molecule has 0 bridgehead atoms. The minimum atomic E-state index is -1.12. The van der Waals surface area contributed by atoms with Crippen LogP contribution in [-0.2, 0) is 24.0 Å². The molecule has 0 radical (unpaired) electrons. The molecular formula is C24H52NO5+. The smallest absolute Gasteiger partial charge is 0.296 e. The quantitative estimate of drug-likeness (QED) is 0.0743. The lowest BCUT2D eigenvalue weighted by atomic mass is 10.0. The SMILES string of the molecule is CCCCCCCCCCCCCC(OCC)(OCC)[N+](OCC)(OCC)OCC. The summed E-state index contributed by atoms with van der Waals surface area (Å²) in [5.74, 6) is -1.12. The fraction of sp³-hybridized carbons (Fsp3) is 1.00. The van der Waals surface area contributed by atoms with Crippen molar-refractivity contribution in [1.29, 1.82) is 0 Å². The van der Waals surface area contributed by atoms with Gasteiger partial charge >= 0.3 is 5.91 Å². The summed E-state index contributed by atoms with van der Waals surface area (Å²) in [6, 6.07) is 0. The predicted molar refractivity (Wildman–Crippen MR) is 122 cm³/mol.